The van der Waals surface area contributed by atoms with Gasteiger partial charge < -0.3 is 15.8 Å². The number of amides is 1. The normalized spacial score (nSPS) is 20.1. The molecule has 1 aromatic carbocycles. The Balaban J connectivity index is 2.24. The Kier molecular flexibility index (Phi) is 5.28. The maximum Gasteiger partial charge on any atom is 0.338 e. The van der Waals surface area contributed by atoms with E-state index in [0.717, 1.165) is 25.3 Å². The van der Waals surface area contributed by atoms with E-state index in [1.54, 1.807) is 0 Å². The van der Waals surface area contributed by atoms with Crippen molar-refractivity contribution in [3.63, 3.8) is 0 Å². The molecule has 0 aromatic heterocycles. The van der Waals surface area contributed by atoms with Crippen LogP contribution in [0, 0.1) is 22.0 Å². The second-order valence-corrected chi connectivity index (χ2v) is 5.54. The molecule has 1 aliphatic rings. The Morgan fingerprint density at radius 3 is 2.74 bits per heavy atom. The monoisotopic (exact) mass is 321 g/mol. The third-order valence-corrected chi connectivity index (χ3v) is 4.12. The highest BCUT2D eigenvalue weighted by molar-refractivity contribution is 5.96. The standard InChI is InChI=1S/C15H19N3O5/c1-23-15(20)10-5-11(7-12(6-10)18(21)22)17-14(19)13-4-2-3-9(13)8-16/h5-7,9,13H,2-4,8,16H2,1H3,(H,17,19)/t9-,13-/m1/s1. The van der Waals surface area contributed by atoms with Gasteiger partial charge in [0.15, 0.2) is 0 Å². The van der Waals surface area contributed by atoms with Gasteiger partial charge in [-0.05, 0) is 31.4 Å². The summed E-state index contributed by atoms with van der Waals surface area (Å²) in [6, 6.07) is 3.69. The number of hydrogen-bond donors (Lipinski definition) is 2. The van der Waals surface area contributed by atoms with Crippen molar-refractivity contribution in [1.29, 1.82) is 0 Å². The van der Waals surface area contributed by atoms with Crippen LogP contribution in [0.5, 0.6) is 0 Å². The second kappa shape index (κ2) is 7.19. The summed E-state index contributed by atoms with van der Waals surface area (Å²) in [5, 5.41) is 13.6. The molecule has 8 nitrogen and oxygen atoms in total. The first-order valence-corrected chi connectivity index (χ1v) is 7.35. The third-order valence-electron chi connectivity index (χ3n) is 4.12. The average Bonchev–Trinajstić information content (AvgIpc) is 3.02. The minimum Gasteiger partial charge on any atom is -0.465 e. The van der Waals surface area contributed by atoms with Gasteiger partial charge >= 0.3 is 5.97 Å². The van der Waals surface area contributed by atoms with Crippen molar-refractivity contribution in [1.82, 2.24) is 0 Å². The summed E-state index contributed by atoms with van der Waals surface area (Å²) >= 11 is 0. The van der Waals surface area contributed by atoms with Crippen LogP contribution in [0.2, 0.25) is 0 Å². The summed E-state index contributed by atoms with van der Waals surface area (Å²) in [4.78, 5) is 34.3. The van der Waals surface area contributed by atoms with Gasteiger partial charge in [-0.2, -0.15) is 0 Å². The van der Waals surface area contributed by atoms with Crippen molar-refractivity contribution in [2.45, 2.75) is 19.3 Å². The van der Waals surface area contributed by atoms with Crippen LogP contribution in [-0.4, -0.2) is 30.5 Å². The quantitative estimate of drug-likeness (QED) is 0.483. The van der Waals surface area contributed by atoms with Crippen LogP contribution in [0.15, 0.2) is 18.2 Å². The molecule has 2 atom stereocenters. The summed E-state index contributed by atoms with van der Waals surface area (Å²) in [6.45, 7) is 0.431. The number of nitrogens with two attached hydrogens (primary N) is 1. The molecule has 1 amide bonds. The second-order valence-electron chi connectivity index (χ2n) is 5.54. The molecule has 0 saturated heterocycles. The minimum atomic E-state index is -0.704. The first-order valence-electron chi connectivity index (χ1n) is 7.35. The van der Waals surface area contributed by atoms with Gasteiger partial charge in [-0.25, -0.2) is 4.79 Å². The van der Waals surface area contributed by atoms with Gasteiger partial charge in [-0.15, -0.1) is 0 Å². The van der Waals surface area contributed by atoms with Gasteiger partial charge in [-0.3, -0.25) is 14.9 Å². The van der Waals surface area contributed by atoms with E-state index in [9.17, 15) is 19.7 Å². The van der Waals surface area contributed by atoms with Crippen molar-refractivity contribution in [3.05, 3.63) is 33.9 Å². The van der Waals surface area contributed by atoms with Crippen molar-refractivity contribution < 1.29 is 19.2 Å². The molecule has 124 valence electrons. The van der Waals surface area contributed by atoms with E-state index >= 15 is 0 Å². The lowest BCUT2D eigenvalue weighted by atomic mass is 9.95. The van der Waals surface area contributed by atoms with Gasteiger partial charge in [0.1, 0.15) is 0 Å². The van der Waals surface area contributed by atoms with E-state index in [0.29, 0.717) is 6.54 Å². The lowest BCUT2D eigenvalue weighted by Gasteiger charge is -2.17. The van der Waals surface area contributed by atoms with E-state index in [-0.39, 0.29) is 34.7 Å². The molecule has 3 N–H and O–H groups in total. The van der Waals surface area contributed by atoms with Gasteiger partial charge in [0.25, 0.3) is 5.69 Å². The largest absolute Gasteiger partial charge is 0.465 e. The predicted molar refractivity (Wildman–Crippen MR) is 83.0 cm³/mol. The topological polar surface area (TPSA) is 125 Å². The van der Waals surface area contributed by atoms with Crippen LogP contribution < -0.4 is 11.1 Å². The van der Waals surface area contributed by atoms with E-state index in [4.69, 9.17) is 5.73 Å². The lowest BCUT2D eigenvalue weighted by Crippen LogP contribution is -2.29. The molecular formula is C15H19N3O5. The van der Waals surface area contributed by atoms with Crippen molar-refractivity contribution in [3.8, 4) is 0 Å². The number of nitrogens with zero attached hydrogens (tertiary/aromatic N) is 1. The highest BCUT2D eigenvalue weighted by atomic mass is 16.6. The number of hydrogen-bond acceptors (Lipinski definition) is 6. The Labute approximate surface area is 133 Å². The lowest BCUT2D eigenvalue weighted by molar-refractivity contribution is -0.384. The highest BCUT2D eigenvalue weighted by Crippen LogP contribution is 2.32. The fourth-order valence-electron chi connectivity index (χ4n) is 2.92. The summed E-state index contributed by atoms with van der Waals surface area (Å²) in [6.07, 6.45) is 2.58. The number of nitrogens with one attached hydrogen (secondary N) is 1. The average molecular weight is 321 g/mol. The molecule has 0 bridgehead atoms. The highest BCUT2D eigenvalue weighted by Gasteiger charge is 2.32. The van der Waals surface area contributed by atoms with Gasteiger partial charge in [0, 0.05) is 23.7 Å². The number of carbonyl (C=O) groups is 2. The summed E-state index contributed by atoms with van der Waals surface area (Å²) in [5.41, 5.74) is 5.60. The number of anilines is 1. The Morgan fingerprint density at radius 2 is 2.13 bits per heavy atom. The molecule has 8 heteroatoms. The smallest absolute Gasteiger partial charge is 0.338 e. The SMILES string of the molecule is COC(=O)c1cc(NC(=O)[C@@H]2CCC[C@@H]2CN)cc([N+](=O)[O-])c1. The number of nitro benzene ring substituents is 1. The fourth-order valence-corrected chi connectivity index (χ4v) is 2.92. The number of nitro groups is 1. The van der Waals surface area contributed by atoms with E-state index in [2.05, 4.69) is 10.1 Å². The zero-order valence-corrected chi connectivity index (χ0v) is 12.8. The number of rotatable bonds is 5. The first-order chi connectivity index (χ1) is 11.0. The summed E-state index contributed by atoms with van der Waals surface area (Å²) < 4.78 is 4.57. The summed E-state index contributed by atoms with van der Waals surface area (Å²) in [5.74, 6) is -1.02. The number of ether oxygens (including phenoxy) is 1. The predicted octanol–water partition coefficient (Wildman–Crippen LogP) is 1.69. The minimum absolute atomic E-state index is 0.0128. The maximum absolute atomic E-state index is 12.4. The molecule has 0 heterocycles. The Hall–Kier alpha value is -2.48. The first kappa shape index (κ1) is 16.9. The molecule has 1 aliphatic carbocycles. The van der Waals surface area contributed by atoms with Crippen molar-refractivity contribution in [2.24, 2.45) is 17.6 Å². The molecular weight excluding hydrogens is 302 g/mol. The van der Waals surface area contributed by atoms with Crippen molar-refractivity contribution in [2.75, 3.05) is 19.0 Å². The van der Waals surface area contributed by atoms with Crippen LogP contribution in [-0.2, 0) is 9.53 Å². The van der Waals surface area contributed by atoms with Crippen LogP contribution in [0.3, 0.4) is 0 Å². The number of non-ortho nitro benzene ring substituents is 1. The van der Waals surface area contributed by atoms with Crippen LogP contribution in [0.4, 0.5) is 11.4 Å². The van der Waals surface area contributed by atoms with E-state index < -0.39 is 10.9 Å². The third kappa shape index (κ3) is 3.84. The summed E-state index contributed by atoms with van der Waals surface area (Å²) in [7, 11) is 1.18. The Morgan fingerprint density at radius 1 is 1.39 bits per heavy atom. The molecule has 0 unspecified atom stereocenters. The number of esters is 1. The maximum atomic E-state index is 12.4. The van der Waals surface area contributed by atoms with Gasteiger partial charge in [0.2, 0.25) is 5.91 Å². The van der Waals surface area contributed by atoms with Crippen LogP contribution >= 0.6 is 0 Å². The zero-order valence-electron chi connectivity index (χ0n) is 12.8. The molecule has 1 saturated carbocycles. The zero-order chi connectivity index (χ0) is 17.0. The molecule has 1 fully saturated rings. The van der Waals surface area contributed by atoms with Gasteiger partial charge in [0.05, 0.1) is 17.6 Å². The van der Waals surface area contributed by atoms with E-state index in [1.807, 2.05) is 0 Å². The van der Waals surface area contributed by atoms with Crippen LogP contribution in [0.25, 0.3) is 0 Å². The fraction of sp³-hybridized carbons (Fsp3) is 0.467. The van der Waals surface area contributed by atoms with Crippen LogP contribution in [0.1, 0.15) is 29.6 Å². The molecule has 1 aromatic rings. The molecule has 0 spiro atoms. The number of carbonyl (C=O) groups excluding carboxylic acids is 2. The number of benzene rings is 1. The van der Waals surface area contributed by atoms with E-state index in [1.165, 1.54) is 19.2 Å². The van der Waals surface area contributed by atoms with Crippen molar-refractivity contribution >= 4 is 23.3 Å². The van der Waals surface area contributed by atoms with Gasteiger partial charge in [-0.1, -0.05) is 6.42 Å². The number of methoxy groups -OCH3 is 1. The Bertz CT molecular complexity index is 632. The molecule has 0 aliphatic heterocycles. The molecule has 23 heavy (non-hydrogen) atoms. The molecule has 2 rings (SSSR count). The molecule has 0 radical (unpaired) electrons.